The van der Waals surface area contributed by atoms with Gasteiger partial charge >= 0.3 is 6.03 Å². The van der Waals surface area contributed by atoms with Crippen LogP contribution in [0.4, 0.5) is 10.5 Å². The van der Waals surface area contributed by atoms with Gasteiger partial charge in [0.2, 0.25) is 5.91 Å². The first-order valence-corrected chi connectivity index (χ1v) is 10.7. The predicted molar refractivity (Wildman–Crippen MR) is 115 cm³/mol. The second-order valence-electron chi connectivity index (χ2n) is 8.44. The Morgan fingerprint density at radius 2 is 1.97 bits per heavy atom. The highest BCUT2D eigenvalue weighted by Gasteiger charge is 2.55. The smallest absolute Gasteiger partial charge is 0.325 e. The highest BCUT2D eigenvalue weighted by Crippen LogP contribution is 2.42. The van der Waals surface area contributed by atoms with Crippen LogP contribution in [0.15, 0.2) is 36.4 Å². The van der Waals surface area contributed by atoms with Crippen LogP contribution in [0.2, 0.25) is 0 Å². The van der Waals surface area contributed by atoms with Crippen LogP contribution in [0.25, 0.3) is 0 Å². The number of nitrogens with zero attached hydrogens (tertiary/aromatic N) is 2. The maximum atomic E-state index is 13.4. The predicted octanol–water partition coefficient (Wildman–Crippen LogP) is 2.68. The third-order valence-corrected chi connectivity index (χ3v) is 6.79. The minimum atomic E-state index is -1.05. The largest absolute Gasteiger partial charge is 0.495 e. The number of ether oxygens (including phenoxy) is 1. The fourth-order valence-electron chi connectivity index (χ4n) is 5.22. The Labute approximate surface area is 181 Å². The molecule has 1 aliphatic carbocycles. The Morgan fingerprint density at radius 3 is 2.77 bits per heavy atom. The van der Waals surface area contributed by atoms with Crippen LogP contribution in [-0.4, -0.2) is 42.9 Å². The molecule has 1 unspecified atom stereocenters. The van der Waals surface area contributed by atoms with Gasteiger partial charge in [0.15, 0.2) is 0 Å². The van der Waals surface area contributed by atoms with Crippen LogP contribution in [0.5, 0.6) is 5.75 Å². The number of imide groups is 1. The molecule has 7 heteroatoms. The van der Waals surface area contributed by atoms with Crippen LogP contribution in [0, 0.1) is 6.92 Å². The van der Waals surface area contributed by atoms with E-state index in [2.05, 4.69) is 5.32 Å². The molecule has 3 aliphatic rings. The van der Waals surface area contributed by atoms with E-state index in [1.54, 1.807) is 12.0 Å². The Hall–Kier alpha value is -3.35. The lowest BCUT2D eigenvalue weighted by molar-refractivity contribution is -0.134. The molecule has 2 aromatic rings. The van der Waals surface area contributed by atoms with E-state index in [4.69, 9.17) is 4.74 Å². The minimum Gasteiger partial charge on any atom is -0.495 e. The van der Waals surface area contributed by atoms with Crippen LogP contribution in [0.1, 0.15) is 35.1 Å². The summed E-state index contributed by atoms with van der Waals surface area (Å²) in [7, 11) is 1.58. The van der Waals surface area contributed by atoms with Crippen molar-refractivity contribution in [3.05, 3.63) is 58.7 Å². The van der Waals surface area contributed by atoms with Crippen molar-refractivity contribution in [2.75, 3.05) is 25.1 Å². The zero-order chi connectivity index (χ0) is 21.8. The maximum absolute atomic E-state index is 13.4. The minimum absolute atomic E-state index is 0.281. The number of carbonyl (C=O) groups is 3. The number of amides is 4. The number of hydrogen-bond donors (Lipinski definition) is 1. The van der Waals surface area contributed by atoms with E-state index in [9.17, 15) is 14.4 Å². The van der Waals surface area contributed by atoms with Gasteiger partial charge in [0.1, 0.15) is 17.8 Å². The number of fused-ring (bicyclic) bond motifs is 3. The average Bonchev–Trinajstić information content (AvgIpc) is 3.27. The highest BCUT2D eigenvalue weighted by molar-refractivity contribution is 6.11. The number of benzene rings is 2. The first-order chi connectivity index (χ1) is 15.0. The molecular weight excluding hydrogens is 394 g/mol. The monoisotopic (exact) mass is 419 g/mol. The number of rotatable bonds is 3. The molecule has 2 aliphatic heterocycles. The number of methoxy groups -OCH3 is 1. The molecule has 7 nitrogen and oxygen atoms in total. The van der Waals surface area contributed by atoms with Crippen molar-refractivity contribution in [2.24, 2.45) is 0 Å². The Morgan fingerprint density at radius 1 is 1.16 bits per heavy atom. The van der Waals surface area contributed by atoms with Gasteiger partial charge in [-0.25, -0.2) is 4.79 Å². The molecule has 1 spiro atoms. The standard InChI is InChI=1S/C24H25N3O4/c1-15-9-10-19(31-2)21-17(15)7-5-13-26(21)20(28)14-27-22(29)24(25-23(27)30)12-11-16-6-3-4-8-18(16)24/h3-4,6,8-10H,5,7,11-14H2,1-2H3,(H,25,30). The van der Waals surface area contributed by atoms with E-state index in [0.717, 1.165) is 52.1 Å². The third kappa shape index (κ3) is 2.83. The van der Waals surface area contributed by atoms with Crippen LogP contribution in [0.3, 0.4) is 0 Å². The molecule has 4 amide bonds. The third-order valence-electron chi connectivity index (χ3n) is 6.79. The lowest BCUT2D eigenvalue weighted by Gasteiger charge is -2.32. The summed E-state index contributed by atoms with van der Waals surface area (Å²) in [5.74, 6) is 0.00737. The summed E-state index contributed by atoms with van der Waals surface area (Å²) in [6.45, 7) is 2.26. The zero-order valence-corrected chi connectivity index (χ0v) is 17.7. The van der Waals surface area contributed by atoms with Crippen molar-refractivity contribution in [3.8, 4) is 5.75 Å². The van der Waals surface area contributed by atoms with E-state index in [1.165, 1.54) is 0 Å². The van der Waals surface area contributed by atoms with Gasteiger partial charge in [-0.05, 0) is 60.9 Å². The highest BCUT2D eigenvalue weighted by atomic mass is 16.5. The summed E-state index contributed by atoms with van der Waals surface area (Å²) in [6, 6.07) is 11.0. The van der Waals surface area contributed by atoms with Gasteiger partial charge in [0.25, 0.3) is 5.91 Å². The van der Waals surface area contributed by atoms with Crippen LogP contribution < -0.4 is 15.0 Å². The summed E-state index contributed by atoms with van der Waals surface area (Å²) >= 11 is 0. The molecule has 0 bridgehead atoms. The molecule has 1 fully saturated rings. The van der Waals surface area contributed by atoms with Gasteiger partial charge < -0.3 is 15.0 Å². The number of aryl methyl sites for hydroxylation is 2. The van der Waals surface area contributed by atoms with Crippen molar-refractivity contribution in [2.45, 2.75) is 38.1 Å². The summed E-state index contributed by atoms with van der Waals surface area (Å²) in [4.78, 5) is 42.3. The molecule has 1 N–H and O–H groups in total. The van der Waals surface area contributed by atoms with Crippen molar-refractivity contribution in [1.82, 2.24) is 10.2 Å². The first kappa shape index (κ1) is 19.6. The molecule has 2 aromatic carbocycles. The van der Waals surface area contributed by atoms with E-state index in [0.29, 0.717) is 18.7 Å². The second kappa shape index (κ2) is 7.11. The summed E-state index contributed by atoms with van der Waals surface area (Å²) < 4.78 is 5.52. The van der Waals surface area contributed by atoms with Gasteiger partial charge in [-0.3, -0.25) is 14.5 Å². The van der Waals surface area contributed by atoms with E-state index in [-0.39, 0.29) is 18.4 Å². The first-order valence-electron chi connectivity index (χ1n) is 10.7. The number of hydrogen-bond acceptors (Lipinski definition) is 4. The van der Waals surface area contributed by atoms with E-state index < -0.39 is 11.6 Å². The Kier molecular flexibility index (Phi) is 4.50. The van der Waals surface area contributed by atoms with Gasteiger partial charge in [0, 0.05) is 6.54 Å². The number of urea groups is 1. The molecule has 2 heterocycles. The summed E-state index contributed by atoms with van der Waals surface area (Å²) in [5, 5.41) is 2.89. The molecule has 0 aromatic heterocycles. The topological polar surface area (TPSA) is 79.0 Å². The SMILES string of the molecule is COc1ccc(C)c2c1N(C(=O)CN1C(=O)NC3(CCc4ccccc43)C1=O)CCC2. The van der Waals surface area contributed by atoms with Crippen molar-refractivity contribution >= 4 is 23.5 Å². The van der Waals surface area contributed by atoms with Gasteiger partial charge in [-0.2, -0.15) is 0 Å². The number of nitrogens with one attached hydrogen (secondary N) is 1. The van der Waals surface area contributed by atoms with Gasteiger partial charge in [-0.1, -0.05) is 30.3 Å². The molecule has 5 rings (SSSR count). The van der Waals surface area contributed by atoms with Crippen LogP contribution >= 0.6 is 0 Å². The quantitative estimate of drug-likeness (QED) is 0.776. The van der Waals surface area contributed by atoms with Crippen molar-refractivity contribution in [3.63, 3.8) is 0 Å². The number of anilines is 1. The van der Waals surface area contributed by atoms with Crippen LogP contribution in [-0.2, 0) is 28.0 Å². The maximum Gasteiger partial charge on any atom is 0.325 e. The van der Waals surface area contributed by atoms with Gasteiger partial charge in [-0.15, -0.1) is 0 Å². The number of carbonyl (C=O) groups excluding carboxylic acids is 3. The molecular formula is C24H25N3O4. The fourth-order valence-corrected chi connectivity index (χ4v) is 5.22. The summed E-state index contributed by atoms with van der Waals surface area (Å²) in [6.07, 6.45) is 2.93. The molecule has 0 radical (unpaired) electrons. The fraction of sp³-hybridized carbons (Fsp3) is 0.375. The lowest BCUT2D eigenvalue weighted by atomic mass is 9.92. The Balaban J connectivity index is 1.44. The van der Waals surface area contributed by atoms with Crippen molar-refractivity contribution < 1.29 is 19.1 Å². The molecule has 160 valence electrons. The Bertz CT molecular complexity index is 1110. The lowest BCUT2D eigenvalue weighted by Crippen LogP contribution is -2.46. The zero-order valence-electron chi connectivity index (χ0n) is 17.7. The van der Waals surface area contributed by atoms with E-state index in [1.807, 2.05) is 43.3 Å². The van der Waals surface area contributed by atoms with Crippen molar-refractivity contribution in [1.29, 1.82) is 0 Å². The average molecular weight is 419 g/mol. The molecule has 1 saturated heterocycles. The molecule has 1 atom stereocenters. The molecule has 0 saturated carbocycles. The van der Waals surface area contributed by atoms with E-state index >= 15 is 0 Å². The second-order valence-corrected chi connectivity index (χ2v) is 8.44. The summed E-state index contributed by atoms with van der Waals surface area (Å²) in [5.41, 5.74) is 3.79. The molecule has 31 heavy (non-hydrogen) atoms. The van der Waals surface area contributed by atoms with Gasteiger partial charge in [0.05, 0.1) is 12.8 Å². The normalized spacial score (nSPS) is 21.9.